The van der Waals surface area contributed by atoms with E-state index in [0.29, 0.717) is 17.2 Å². The third-order valence-electron chi connectivity index (χ3n) is 2.66. The number of pyridine rings is 1. The molecule has 1 heterocycles. The maximum Gasteiger partial charge on any atom is 0.203 e. The molecule has 1 N–H and O–H groups in total. The third-order valence-corrected chi connectivity index (χ3v) is 3.09. The second-order valence-electron chi connectivity index (χ2n) is 3.93. The molecule has 5 nitrogen and oxygen atoms in total. The Morgan fingerprint density at radius 2 is 1.55 bits per heavy atom. The van der Waals surface area contributed by atoms with Crippen molar-refractivity contribution in [2.75, 3.05) is 26.6 Å². The third kappa shape index (κ3) is 3.14. The zero-order chi connectivity index (χ0) is 14.5. The number of halogens is 1. The lowest BCUT2D eigenvalue weighted by atomic mass is 10.2. The minimum atomic E-state index is 0.563. The van der Waals surface area contributed by atoms with Crippen LogP contribution in [0.4, 0.5) is 11.4 Å². The molecule has 20 heavy (non-hydrogen) atoms. The van der Waals surface area contributed by atoms with Crippen LogP contribution < -0.4 is 19.5 Å². The van der Waals surface area contributed by atoms with Gasteiger partial charge in [-0.1, -0.05) is 0 Å². The quantitative estimate of drug-likeness (QED) is 0.902. The van der Waals surface area contributed by atoms with Crippen molar-refractivity contribution in [1.29, 1.82) is 0 Å². The summed E-state index contributed by atoms with van der Waals surface area (Å²) >= 11 is 3.38. The highest BCUT2D eigenvalue weighted by Gasteiger charge is 2.13. The highest BCUT2D eigenvalue weighted by molar-refractivity contribution is 9.10. The van der Waals surface area contributed by atoms with E-state index >= 15 is 0 Å². The summed E-state index contributed by atoms with van der Waals surface area (Å²) in [5.41, 5.74) is 1.67. The van der Waals surface area contributed by atoms with E-state index in [0.717, 1.165) is 15.8 Å². The van der Waals surface area contributed by atoms with Crippen LogP contribution in [-0.4, -0.2) is 26.3 Å². The lowest BCUT2D eigenvalue weighted by Gasteiger charge is -2.15. The lowest BCUT2D eigenvalue weighted by Crippen LogP contribution is -1.98. The number of aromatic nitrogens is 1. The Balaban J connectivity index is 2.37. The number of anilines is 2. The van der Waals surface area contributed by atoms with Crippen LogP contribution in [0.5, 0.6) is 17.2 Å². The molecule has 1 aromatic heterocycles. The van der Waals surface area contributed by atoms with Crippen molar-refractivity contribution in [1.82, 2.24) is 4.98 Å². The molecule has 0 radical (unpaired) electrons. The van der Waals surface area contributed by atoms with Gasteiger partial charge in [0.25, 0.3) is 0 Å². The number of benzene rings is 1. The summed E-state index contributed by atoms with van der Waals surface area (Å²) < 4.78 is 16.8. The van der Waals surface area contributed by atoms with Gasteiger partial charge in [0.15, 0.2) is 11.5 Å². The molecule has 0 amide bonds. The summed E-state index contributed by atoms with van der Waals surface area (Å²) in [5.74, 6) is 1.75. The fourth-order valence-corrected chi connectivity index (χ4v) is 2.16. The largest absolute Gasteiger partial charge is 0.493 e. The van der Waals surface area contributed by atoms with E-state index in [9.17, 15) is 0 Å². The Labute approximate surface area is 126 Å². The smallest absolute Gasteiger partial charge is 0.203 e. The van der Waals surface area contributed by atoms with Gasteiger partial charge in [-0.15, -0.1) is 0 Å². The van der Waals surface area contributed by atoms with Gasteiger partial charge in [0.2, 0.25) is 5.75 Å². The molecule has 0 fully saturated rings. The molecule has 1 aromatic carbocycles. The molecule has 0 atom stereocenters. The van der Waals surface area contributed by atoms with E-state index in [2.05, 4.69) is 26.2 Å². The molecule has 0 bridgehead atoms. The van der Waals surface area contributed by atoms with Crippen LogP contribution in [-0.2, 0) is 0 Å². The van der Waals surface area contributed by atoms with Crippen LogP contribution in [0.2, 0.25) is 0 Å². The molecule has 0 unspecified atom stereocenters. The summed E-state index contributed by atoms with van der Waals surface area (Å²) in [7, 11) is 4.75. The monoisotopic (exact) mass is 338 g/mol. The van der Waals surface area contributed by atoms with Gasteiger partial charge >= 0.3 is 0 Å². The predicted octanol–water partition coefficient (Wildman–Crippen LogP) is 3.61. The zero-order valence-electron chi connectivity index (χ0n) is 11.4. The van der Waals surface area contributed by atoms with Gasteiger partial charge in [0, 0.05) is 28.5 Å². The minimum absolute atomic E-state index is 0.563. The van der Waals surface area contributed by atoms with E-state index < -0.39 is 0 Å². The molecule has 0 aliphatic carbocycles. The number of hydrogen-bond acceptors (Lipinski definition) is 5. The first kappa shape index (κ1) is 14.5. The highest BCUT2D eigenvalue weighted by Crippen LogP contribution is 2.40. The summed E-state index contributed by atoms with van der Waals surface area (Å²) in [6.45, 7) is 0. The number of nitrogens with one attached hydrogen (secondary N) is 1. The van der Waals surface area contributed by atoms with Gasteiger partial charge in [-0.3, -0.25) is 4.98 Å². The number of hydrogen-bond donors (Lipinski definition) is 1. The van der Waals surface area contributed by atoms with Crippen LogP contribution >= 0.6 is 15.9 Å². The van der Waals surface area contributed by atoms with E-state index in [1.807, 2.05) is 18.2 Å². The number of ether oxygens (including phenoxy) is 3. The first-order valence-corrected chi connectivity index (χ1v) is 6.64. The van der Waals surface area contributed by atoms with Crippen molar-refractivity contribution < 1.29 is 14.2 Å². The van der Waals surface area contributed by atoms with Crippen molar-refractivity contribution in [2.24, 2.45) is 0 Å². The van der Waals surface area contributed by atoms with Gasteiger partial charge in [-0.2, -0.15) is 0 Å². The Morgan fingerprint density at radius 1 is 0.900 bits per heavy atom. The highest BCUT2D eigenvalue weighted by atomic mass is 79.9. The van der Waals surface area contributed by atoms with Crippen LogP contribution in [0, 0.1) is 0 Å². The van der Waals surface area contributed by atoms with Crippen molar-refractivity contribution in [3.8, 4) is 17.2 Å². The fourth-order valence-electron chi connectivity index (χ4n) is 1.80. The van der Waals surface area contributed by atoms with Gasteiger partial charge in [0.1, 0.15) is 0 Å². The molecule has 106 valence electrons. The molecular formula is C14H15BrN2O3. The van der Waals surface area contributed by atoms with Gasteiger partial charge in [-0.05, 0) is 22.0 Å². The second kappa shape index (κ2) is 6.47. The Bertz CT molecular complexity index is 580. The average Bonchev–Trinajstić information content (AvgIpc) is 2.46. The zero-order valence-corrected chi connectivity index (χ0v) is 13.0. The first-order chi connectivity index (χ1) is 9.67. The average molecular weight is 339 g/mol. The standard InChI is InChI=1S/C14H15BrN2O3/c1-18-12-5-10(6-13(19-2)14(12)20-3)17-11-4-9(15)7-16-8-11/h4-8,17H,1-3H3. The van der Waals surface area contributed by atoms with Crippen molar-refractivity contribution in [2.45, 2.75) is 0 Å². The molecule has 0 saturated carbocycles. The van der Waals surface area contributed by atoms with Gasteiger partial charge < -0.3 is 19.5 Å². The predicted molar refractivity (Wildman–Crippen MR) is 81.3 cm³/mol. The van der Waals surface area contributed by atoms with Crippen molar-refractivity contribution in [3.63, 3.8) is 0 Å². The van der Waals surface area contributed by atoms with Gasteiger partial charge in [-0.25, -0.2) is 0 Å². The number of nitrogens with zero attached hydrogens (tertiary/aromatic N) is 1. The summed E-state index contributed by atoms with van der Waals surface area (Å²) in [4.78, 5) is 4.10. The SMILES string of the molecule is COc1cc(Nc2cncc(Br)c2)cc(OC)c1OC. The number of methoxy groups -OCH3 is 3. The Morgan fingerprint density at radius 3 is 2.05 bits per heavy atom. The van der Waals surface area contributed by atoms with Crippen LogP contribution in [0.3, 0.4) is 0 Å². The second-order valence-corrected chi connectivity index (χ2v) is 4.85. The van der Waals surface area contributed by atoms with Crippen LogP contribution in [0.1, 0.15) is 0 Å². The minimum Gasteiger partial charge on any atom is -0.493 e. The Hall–Kier alpha value is -1.95. The van der Waals surface area contributed by atoms with Gasteiger partial charge in [0.05, 0.1) is 33.2 Å². The summed E-state index contributed by atoms with van der Waals surface area (Å²) in [5, 5.41) is 3.24. The normalized spacial score (nSPS) is 10.0. The maximum atomic E-state index is 5.31. The van der Waals surface area contributed by atoms with E-state index in [-0.39, 0.29) is 0 Å². The van der Waals surface area contributed by atoms with E-state index in [1.165, 1.54) is 0 Å². The van der Waals surface area contributed by atoms with E-state index in [1.54, 1.807) is 33.7 Å². The summed E-state index contributed by atoms with van der Waals surface area (Å²) in [6.07, 6.45) is 3.45. The molecule has 0 aliphatic heterocycles. The topological polar surface area (TPSA) is 52.6 Å². The maximum absolute atomic E-state index is 5.31. The van der Waals surface area contributed by atoms with Crippen LogP contribution in [0.25, 0.3) is 0 Å². The van der Waals surface area contributed by atoms with Crippen LogP contribution in [0.15, 0.2) is 35.1 Å². The Kier molecular flexibility index (Phi) is 4.68. The van der Waals surface area contributed by atoms with Crippen molar-refractivity contribution >= 4 is 27.3 Å². The molecular weight excluding hydrogens is 324 g/mol. The fraction of sp³-hybridized carbons (Fsp3) is 0.214. The first-order valence-electron chi connectivity index (χ1n) is 5.85. The molecule has 0 spiro atoms. The van der Waals surface area contributed by atoms with E-state index in [4.69, 9.17) is 14.2 Å². The van der Waals surface area contributed by atoms with Crippen molar-refractivity contribution in [3.05, 3.63) is 35.1 Å². The number of rotatable bonds is 5. The molecule has 0 saturated heterocycles. The molecule has 0 aliphatic rings. The lowest BCUT2D eigenvalue weighted by molar-refractivity contribution is 0.324. The summed E-state index contributed by atoms with van der Waals surface area (Å²) in [6, 6.07) is 5.60. The molecule has 2 rings (SSSR count). The molecule has 2 aromatic rings. The molecule has 6 heteroatoms.